The van der Waals surface area contributed by atoms with Crippen LogP contribution in [0.5, 0.6) is 0 Å². The van der Waals surface area contributed by atoms with Crippen molar-refractivity contribution in [1.29, 1.82) is 0 Å². The first kappa shape index (κ1) is 17.0. The molecular formula is C14H17FO3S2. The zero-order chi connectivity index (χ0) is 15.0. The van der Waals surface area contributed by atoms with Gasteiger partial charge in [0.15, 0.2) is 0 Å². The molecule has 1 aromatic rings. The van der Waals surface area contributed by atoms with Crippen LogP contribution in [0.25, 0.3) is 0 Å². The molecule has 6 heteroatoms. The predicted octanol–water partition coefficient (Wildman–Crippen LogP) is 1.84. The van der Waals surface area contributed by atoms with Crippen molar-refractivity contribution in [2.75, 3.05) is 24.4 Å². The van der Waals surface area contributed by atoms with E-state index in [0.29, 0.717) is 23.5 Å². The molecule has 0 atom stereocenters. The van der Waals surface area contributed by atoms with Crippen LogP contribution in [0.4, 0.5) is 4.39 Å². The molecule has 0 unspecified atom stereocenters. The fourth-order valence-corrected chi connectivity index (χ4v) is 3.70. The molecule has 1 aromatic carbocycles. The second-order valence-corrected chi connectivity index (χ2v) is 7.62. The first-order chi connectivity index (χ1) is 9.42. The summed E-state index contributed by atoms with van der Waals surface area (Å²) < 4.78 is 35.2. The van der Waals surface area contributed by atoms with Crippen molar-refractivity contribution in [3.05, 3.63) is 35.1 Å². The molecule has 0 aliphatic heterocycles. The van der Waals surface area contributed by atoms with E-state index in [1.807, 2.05) is 0 Å². The third-order valence-electron chi connectivity index (χ3n) is 2.39. The lowest BCUT2D eigenvalue weighted by molar-refractivity contribution is 0.305. The van der Waals surface area contributed by atoms with E-state index in [4.69, 9.17) is 5.11 Å². The van der Waals surface area contributed by atoms with Crippen LogP contribution < -0.4 is 0 Å². The van der Waals surface area contributed by atoms with E-state index < -0.39 is 9.84 Å². The summed E-state index contributed by atoms with van der Waals surface area (Å²) in [6, 6.07) is 4.38. The molecule has 0 aromatic heterocycles. The summed E-state index contributed by atoms with van der Waals surface area (Å²) in [5.41, 5.74) is 1.46. The zero-order valence-corrected chi connectivity index (χ0v) is 12.9. The highest BCUT2D eigenvalue weighted by molar-refractivity contribution is 7.99. The highest BCUT2D eigenvalue weighted by atomic mass is 32.2. The number of aliphatic hydroxyl groups excluding tert-OH is 1. The molecule has 0 amide bonds. The molecule has 0 bridgehead atoms. The van der Waals surface area contributed by atoms with Crippen LogP contribution in [-0.4, -0.2) is 37.9 Å². The van der Waals surface area contributed by atoms with Gasteiger partial charge in [-0.2, -0.15) is 11.8 Å². The molecule has 1 rings (SSSR count). The van der Waals surface area contributed by atoms with Gasteiger partial charge in [0.05, 0.1) is 12.4 Å². The van der Waals surface area contributed by atoms with Gasteiger partial charge in [0.1, 0.15) is 15.7 Å². The lowest BCUT2D eigenvalue weighted by atomic mass is 10.1. The molecule has 0 heterocycles. The minimum absolute atomic E-state index is 0.0270. The first-order valence-electron chi connectivity index (χ1n) is 6.06. The topological polar surface area (TPSA) is 54.4 Å². The number of thioether (sulfide) groups is 1. The fourth-order valence-electron chi connectivity index (χ4n) is 1.40. The zero-order valence-electron chi connectivity index (χ0n) is 11.2. The molecule has 0 aliphatic rings. The molecule has 110 valence electrons. The number of rotatable bonds is 6. The average Bonchev–Trinajstić information content (AvgIpc) is 2.36. The Hall–Kier alpha value is -1.03. The van der Waals surface area contributed by atoms with E-state index in [1.54, 1.807) is 6.07 Å². The monoisotopic (exact) mass is 316 g/mol. The summed E-state index contributed by atoms with van der Waals surface area (Å²) in [4.78, 5) is 0. The van der Waals surface area contributed by atoms with Crippen molar-refractivity contribution in [2.45, 2.75) is 12.2 Å². The van der Waals surface area contributed by atoms with Crippen molar-refractivity contribution >= 4 is 21.6 Å². The maximum atomic E-state index is 13.2. The minimum atomic E-state index is -2.95. The lowest BCUT2D eigenvalue weighted by Gasteiger charge is -2.05. The van der Waals surface area contributed by atoms with Crippen LogP contribution in [0.1, 0.15) is 17.5 Å². The number of sulfone groups is 1. The summed E-state index contributed by atoms with van der Waals surface area (Å²) in [6.07, 6.45) is 1.55. The van der Waals surface area contributed by atoms with Gasteiger partial charge >= 0.3 is 0 Å². The lowest BCUT2D eigenvalue weighted by Crippen LogP contribution is -2.05. The molecule has 0 saturated heterocycles. The Morgan fingerprint density at radius 3 is 2.80 bits per heavy atom. The third kappa shape index (κ3) is 6.94. The molecule has 20 heavy (non-hydrogen) atoms. The Morgan fingerprint density at radius 2 is 2.15 bits per heavy atom. The van der Waals surface area contributed by atoms with Gasteiger partial charge in [0, 0.05) is 29.7 Å². The molecule has 1 N–H and O–H groups in total. The Kier molecular flexibility index (Phi) is 7.06. The Labute approximate surface area is 123 Å². The maximum absolute atomic E-state index is 13.2. The molecule has 0 spiro atoms. The van der Waals surface area contributed by atoms with E-state index in [1.165, 1.54) is 30.2 Å². The highest BCUT2D eigenvalue weighted by Crippen LogP contribution is 2.17. The van der Waals surface area contributed by atoms with Crippen molar-refractivity contribution in [3.8, 4) is 11.8 Å². The summed E-state index contributed by atoms with van der Waals surface area (Å²) in [7, 11) is -2.95. The smallest absolute Gasteiger partial charge is 0.148 e. The van der Waals surface area contributed by atoms with Gasteiger partial charge < -0.3 is 5.11 Å². The predicted molar refractivity (Wildman–Crippen MR) is 80.9 cm³/mol. The Bertz CT molecular complexity index is 601. The molecule has 0 saturated carbocycles. The standard InChI is InChI=1S/C14H17FO3S2/c1-20(17,18)9-8-19-11-13-5-6-14(15)10-12(13)4-2-3-7-16/h5-6,10,16H,3,7-9,11H2,1H3. The third-order valence-corrected chi connectivity index (χ3v) is 4.60. The molecule has 3 nitrogen and oxygen atoms in total. The maximum Gasteiger partial charge on any atom is 0.148 e. The van der Waals surface area contributed by atoms with Gasteiger partial charge in [-0.15, -0.1) is 0 Å². The number of hydrogen-bond donors (Lipinski definition) is 1. The normalized spacial score (nSPS) is 10.9. The Morgan fingerprint density at radius 1 is 1.40 bits per heavy atom. The summed E-state index contributed by atoms with van der Waals surface area (Å²) in [6.45, 7) is -0.0270. The summed E-state index contributed by atoms with van der Waals surface area (Å²) >= 11 is 1.47. The molecule has 0 fully saturated rings. The molecule has 0 radical (unpaired) electrons. The SMILES string of the molecule is CS(=O)(=O)CCSCc1ccc(F)cc1C#CCCO. The molecule has 0 aliphatic carbocycles. The van der Waals surface area contributed by atoms with Crippen molar-refractivity contribution in [1.82, 2.24) is 0 Å². The van der Waals surface area contributed by atoms with Gasteiger partial charge in [-0.25, -0.2) is 12.8 Å². The number of benzene rings is 1. The number of hydrogen-bond acceptors (Lipinski definition) is 4. The van der Waals surface area contributed by atoms with E-state index in [-0.39, 0.29) is 18.2 Å². The van der Waals surface area contributed by atoms with Crippen LogP contribution in [0, 0.1) is 17.7 Å². The van der Waals surface area contributed by atoms with E-state index >= 15 is 0 Å². The van der Waals surface area contributed by atoms with Crippen LogP contribution in [0.3, 0.4) is 0 Å². The summed E-state index contributed by atoms with van der Waals surface area (Å²) in [5.74, 6) is 6.45. The van der Waals surface area contributed by atoms with Crippen molar-refractivity contribution in [3.63, 3.8) is 0 Å². The second-order valence-electron chi connectivity index (χ2n) is 4.26. The fraction of sp³-hybridized carbons (Fsp3) is 0.429. The van der Waals surface area contributed by atoms with Crippen LogP contribution in [-0.2, 0) is 15.6 Å². The van der Waals surface area contributed by atoms with E-state index in [0.717, 1.165) is 5.56 Å². The van der Waals surface area contributed by atoms with Gasteiger partial charge in [0.25, 0.3) is 0 Å². The van der Waals surface area contributed by atoms with Gasteiger partial charge in [-0.1, -0.05) is 17.9 Å². The quantitative estimate of drug-likeness (QED) is 0.643. The van der Waals surface area contributed by atoms with Gasteiger partial charge in [-0.3, -0.25) is 0 Å². The van der Waals surface area contributed by atoms with E-state index in [2.05, 4.69) is 11.8 Å². The highest BCUT2D eigenvalue weighted by Gasteiger charge is 2.05. The van der Waals surface area contributed by atoms with Gasteiger partial charge in [-0.05, 0) is 17.7 Å². The number of halogens is 1. The van der Waals surface area contributed by atoms with Crippen LogP contribution in [0.2, 0.25) is 0 Å². The summed E-state index contributed by atoms with van der Waals surface area (Å²) in [5, 5.41) is 8.68. The van der Waals surface area contributed by atoms with Gasteiger partial charge in [0.2, 0.25) is 0 Å². The van der Waals surface area contributed by atoms with Crippen LogP contribution >= 0.6 is 11.8 Å². The van der Waals surface area contributed by atoms with Crippen molar-refractivity contribution in [2.24, 2.45) is 0 Å². The van der Waals surface area contributed by atoms with E-state index in [9.17, 15) is 12.8 Å². The number of aliphatic hydroxyl groups is 1. The Balaban J connectivity index is 2.67. The average molecular weight is 316 g/mol. The molecular weight excluding hydrogens is 299 g/mol. The van der Waals surface area contributed by atoms with Crippen LogP contribution in [0.15, 0.2) is 18.2 Å². The second kappa shape index (κ2) is 8.30. The minimum Gasteiger partial charge on any atom is -0.395 e. The van der Waals surface area contributed by atoms with Crippen molar-refractivity contribution < 1.29 is 17.9 Å². The largest absolute Gasteiger partial charge is 0.395 e. The first-order valence-corrected chi connectivity index (χ1v) is 9.27.